The van der Waals surface area contributed by atoms with Crippen LogP contribution in [0.2, 0.25) is 0 Å². The molecule has 4 nitrogen and oxygen atoms in total. The predicted octanol–water partition coefficient (Wildman–Crippen LogP) is 5.36. The standard InChI is InChI=1S/C24H22N4/c1-13-17-5-7-19(25-17)14(2)21-9-11-23(27-21)16(4)24-12-10-22(28-24)15(3)20-8-6-18(13)26-20/h5-9,11H,10,12H2,1-4H3. The van der Waals surface area contributed by atoms with Gasteiger partial charge < -0.3 is 0 Å². The molecule has 5 heterocycles. The average molecular weight is 366 g/mol. The fraction of sp³-hybridized carbons (Fsp3) is 0.250. The molecule has 28 heavy (non-hydrogen) atoms. The summed E-state index contributed by atoms with van der Waals surface area (Å²) in [4.78, 5) is 19.5. The van der Waals surface area contributed by atoms with Gasteiger partial charge in [0.05, 0.1) is 34.2 Å². The van der Waals surface area contributed by atoms with Crippen molar-refractivity contribution in [1.82, 2.24) is 0 Å². The minimum absolute atomic E-state index is 0.954. The van der Waals surface area contributed by atoms with Gasteiger partial charge in [0, 0.05) is 22.6 Å². The largest absolute Gasteiger partial charge is 0.257 e. The van der Waals surface area contributed by atoms with Crippen molar-refractivity contribution in [1.29, 1.82) is 0 Å². The molecule has 138 valence electrons. The minimum Gasteiger partial charge on any atom is -0.257 e. The van der Waals surface area contributed by atoms with Crippen LogP contribution in [-0.2, 0) is 0 Å². The van der Waals surface area contributed by atoms with E-state index in [2.05, 4.69) is 64.2 Å². The second-order valence-electron chi connectivity index (χ2n) is 7.65. The van der Waals surface area contributed by atoms with Crippen molar-refractivity contribution in [3.05, 3.63) is 81.5 Å². The van der Waals surface area contributed by atoms with Gasteiger partial charge in [-0.15, -0.1) is 0 Å². The highest BCUT2D eigenvalue weighted by molar-refractivity contribution is 6.17. The Bertz CT molecular complexity index is 1160. The van der Waals surface area contributed by atoms with E-state index < -0.39 is 0 Å². The summed E-state index contributed by atoms with van der Waals surface area (Å²) in [6.07, 6.45) is 14.4. The van der Waals surface area contributed by atoms with E-state index in [1.807, 2.05) is 0 Å². The molecule has 0 aromatic rings. The Morgan fingerprint density at radius 1 is 0.500 bits per heavy atom. The third kappa shape index (κ3) is 2.60. The van der Waals surface area contributed by atoms with E-state index in [0.29, 0.717) is 0 Å². The topological polar surface area (TPSA) is 49.4 Å². The summed E-state index contributed by atoms with van der Waals surface area (Å²) in [6.45, 7) is 8.42. The van der Waals surface area contributed by atoms with Gasteiger partial charge in [-0.25, -0.2) is 15.0 Å². The summed E-state index contributed by atoms with van der Waals surface area (Å²) < 4.78 is 0. The monoisotopic (exact) mass is 366 g/mol. The molecule has 0 atom stereocenters. The lowest BCUT2D eigenvalue weighted by Crippen LogP contribution is -1.99. The molecule has 5 rings (SSSR count). The quantitative estimate of drug-likeness (QED) is 0.554. The number of hydrogen-bond donors (Lipinski definition) is 0. The van der Waals surface area contributed by atoms with Gasteiger partial charge in [-0.3, -0.25) is 4.99 Å². The number of hydrogen-bond acceptors (Lipinski definition) is 4. The predicted molar refractivity (Wildman–Crippen MR) is 117 cm³/mol. The van der Waals surface area contributed by atoms with Crippen molar-refractivity contribution in [2.75, 3.05) is 0 Å². The molecule has 0 saturated heterocycles. The summed E-state index contributed by atoms with van der Waals surface area (Å²) in [5, 5.41) is 0. The van der Waals surface area contributed by atoms with Gasteiger partial charge in [0.1, 0.15) is 0 Å². The number of fused-ring (bicyclic) bond motifs is 4. The lowest BCUT2D eigenvalue weighted by Gasteiger charge is -2.05. The number of nitrogens with zero attached hydrogens (tertiary/aromatic N) is 4. The maximum Gasteiger partial charge on any atom is 0.0688 e. The van der Waals surface area contributed by atoms with E-state index in [1.165, 1.54) is 0 Å². The number of rotatable bonds is 0. The average Bonchev–Trinajstić information content (AvgIpc) is 3.49. The van der Waals surface area contributed by atoms with Crippen molar-refractivity contribution in [3.63, 3.8) is 0 Å². The van der Waals surface area contributed by atoms with Crippen molar-refractivity contribution < 1.29 is 0 Å². The first kappa shape index (κ1) is 17.0. The highest BCUT2D eigenvalue weighted by Crippen LogP contribution is 2.31. The molecule has 5 aliphatic heterocycles. The van der Waals surface area contributed by atoms with E-state index in [4.69, 9.17) is 20.0 Å². The number of aliphatic imine (C=N–C) groups is 4. The van der Waals surface area contributed by atoms with Crippen LogP contribution in [0.4, 0.5) is 0 Å². The van der Waals surface area contributed by atoms with Crippen molar-refractivity contribution in [2.24, 2.45) is 20.0 Å². The first-order valence-electron chi connectivity index (χ1n) is 9.73. The Balaban J connectivity index is 1.75. The summed E-state index contributed by atoms with van der Waals surface area (Å²) in [5.41, 5.74) is 12.6. The molecule has 8 bridgehead atoms. The fourth-order valence-electron chi connectivity index (χ4n) is 3.95. The zero-order valence-electron chi connectivity index (χ0n) is 16.7. The summed E-state index contributed by atoms with van der Waals surface area (Å²) >= 11 is 0. The van der Waals surface area contributed by atoms with Crippen LogP contribution in [0.5, 0.6) is 0 Å². The second-order valence-corrected chi connectivity index (χ2v) is 7.65. The van der Waals surface area contributed by atoms with Gasteiger partial charge in [0.2, 0.25) is 0 Å². The van der Waals surface area contributed by atoms with Gasteiger partial charge in [-0.2, -0.15) is 0 Å². The lowest BCUT2D eigenvalue weighted by atomic mass is 10.1. The molecule has 0 saturated carbocycles. The van der Waals surface area contributed by atoms with Crippen LogP contribution in [0.25, 0.3) is 0 Å². The number of allylic oxidation sites excluding steroid dienone is 11. The summed E-state index contributed by atoms with van der Waals surface area (Å²) in [6, 6.07) is 0. The van der Waals surface area contributed by atoms with E-state index in [0.717, 1.165) is 80.8 Å². The molecule has 0 amide bonds. The van der Waals surface area contributed by atoms with Crippen LogP contribution < -0.4 is 0 Å². The van der Waals surface area contributed by atoms with Crippen LogP contribution in [0.3, 0.4) is 0 Å². The zero-order valence-corrected chi connectivity index (χ0v) is 16.7. The van der Waals surface area contributed by atoms with Crippen molar-refractivity contribution >= 4 is 22.8 Å². The van der Waals surface area contributed by atoms with E-state index in [9.17, 15) is 0 Å². The highest BCUT2D eigenvalue weighted by atomic mass is 14.9. The Kier molecular flexibility index (Phi) is 3.76. The lowest BCUT2D eigenvalue weighted by molar-refractivity contribution is 1.05. The third-order valence-electron chi connectivity index (χ3n) is 5.96. The van der Waals surface area contributed by atoms with E-state index in [1.54, 1.807) is 0 Å². The molecule has 0 fully saturated rings. The van der Waals surface area contributed by atoms with Gasteiger partial charge in [0.15, 0.2) is 0 Å². The Hall–Kier alpha value is -3.14. The molecular weight excluding hydrogens is 344 g/mol. The Labute approximate surface area is 165 Å². The van der Waals surface area contributed by atoms with Crippen LogP contribution in [0.15, 0.2) is 102 Å². The van der Waals surface area contributed by atoms with Crippen molar-refractivity contribution in [2.45, 2.75) is 40.5 Å². The van der Waals surface area contributed by atoms with Gasteiger partial charge >= 0.3 is 0 Å². The fourth-order valence-corrected chi connectivity index (χ4v) is 3.95. The van der Waals surface area contributed by atoms with Crippen molar-refractivity contribution in [3.8, 4) is 0 Å². The van der Waals surface area contributed by atoms with Gasteiger partial charge in [-0.1, -0.05) is 0 Å². The van der Waals surface area contributed by atoms with E-state index >= 15 is 0 Å². The maximum absolute atomic E-state index is 4.95. The molecule has 0 spiro atoms. The molecule has 5 aliphatic rings. The Morgan fingerprint density at radius 2 is 0.964 bits per heavy atom. The SMILES string of the molecule is CC1=C2C=CC(=N2)C(C)=C2C=CC(=N2)C(C)=C2CCC(=N2)C(C)=C2C=CC1=N2. The molecule has 0 aliphatic carbocycles. The van der Waals surface area contributed by atoms with Gasteiger partial charge in [0.25, 0.3) is 0 Å². The van der Waals surface area contributed by atoms with E-state index in [-0.39, 0.29) is 0 Å². The molecule has 4 heteroatoms. The van der Waals surface area contributed by atoms with Crippen LogP contribution in [0, 0.1) is 0 Å². The zero-order chi connectivity index (χ0) is 19.4. The molecule has 0 aromatic carbocycles. The van der Waals surface area contributed by atoms with Crippen LogP contribution >= 0.6 is 0 Å². The summed E-state index contributed by atoms with van der Waals surface area (Å²) in [7, 11) is 0. The van der Waals surface area contributed by atoms with Crippen LogP contribution in [0.1, 0.15) is 40.5 Å². The third-order valence-corrected chi connectivity index (χ3v) is 5.96. The molecule has 0 aromatic heterocycles. The smallest absolute Gasteiger partial charge is 0.0688 e. The highest BCUT2D eigenvalue weighted by Gasteiger charge is 2.22. The van der Waals surface area contributed by atoms with Gasteiger partial charge in [-0.05, 0) is 88.1 Å². The Morgan fingerprint density at radius 3 is 1.50 bits per heavy atom. The normalized spacial score (nSPS) is 23.3. The molecular formula is C24H22N4. The first-order chi connectivity index (χ1) is 13.5. The second kappa shape index (κ2) is 6.20. The maximum atomic E-state index is 4.95. The van der Waals surface area contributed by atoms with Crippen LogP contribution in [-0.4, -0.2) is 22.8 Å². The summed E-state index contributed by atoms with van der Waals surface area (Å²) in [5.74, 6) is 0. The molecule has 0 N–H and O–H groups in total. The first-order valence-corrected chi connectivity index (χ1v) is 9.73. The molecule has 0 unspecified atom stereocenters. The molecule has 0 radical (unpaired) electrons. The minimum atomic E-state index is 0.954.